The molecule has 0 aliphatic rings. The van der Waals surface area contributed by atoms with Crippen LogP contribution in [0.2, 0.25) is 0 Å². The number of hydrogen-bond acceptors (Lipinski definition) is 7. The maximum absolute atomic E-state index is 12.6. The summed E-state index contributed by atoms with van der Waals surface area (Å²) in [6.07, 6.45) is 7.63. The molecule has 10 heteroatoms. The predicted octanol–water partition coefficient (Wildman–Crippen LogP) is 3.08. The van der Waals surface area contributed by atoms with Gasteiger partial charge in [-0.3, -0.25) is 19.9 Å². The molecule has 1 amide bonds. The molecule has 0 radical (unpaired) electrons. The number of fused-ring (bicyclic) bond motifs is 1. The predicted molar refractivity (Wildman–Crippen MR) is 98.3 cm³/mol. The van der Waals surface area contributed by atoms with Gasteiger partial charge >= 0.3 is 0 Å². The molecule has 4 aromatic rings. The van der Waals surface area contributed by atoms with Crippen molar-refractivity contribution in [2.75, 3.05) is 5.32 Å². The second kappa shape index (κ2) is 7.11. The summed E-state index contributed by atoms with van der Waals surface area (Å²) in [4.78, 5) is 31.3. The Bertz CT molecular complexity index is 1180. The van der Waals surface area contributed by atoms with E-state index in [2.05, 4.69) is 20.4 Å². The van der Waals surface area contributed by atoms with E-state index in [1.165, 1.54) is 35.1 Å². The fourth-order valence-corrected chi connectivity index (χ4v) is 2.55. The van der Waals surface area contributed by atoms with Crippen LogP contribution in [0.1, 0.15) is 10.4 Å². The summed E-state index contributed by atoms with van der Waals surface area (Å²) < 4.78 is 7.06. The lowest BCUT2D eigenvalue weighted by atomic mass is 10.2. The Morgan fingerprint density at radius 2 is 2.04 bits per heavy atom. The molecule has 0 saturated carbocycles. The molecule has 28 heavy (non-hydrogen) atoms. The van der Waals surface area contributed by atoms with Crippen LogP contribution in [0.5, 0.6) is 11.5 Å². The first-order valence-electron chi connectivity index (χ1n) is 8.07. The van der Waals surface area contributed by atoms with Gasteiger partial charge in [0.1, 0.15) is 17.1 Å². The van der Waals surface area contributed by atoms with Crippen LogP contribution in [0.25, 0.3) is 5.65 Å². The SMILES string of the molecule is O=C(Nc1cc(Oc2cccnc2)cc([N+](=O)[O-])c1)c1cnn2cccnc12. The third kappa shape index (κ3) is 3.46. The number of amides is 1. The molecule has 1 aromatic carbocycles. The number of nitrogens with one attached hydrogen (secondary N) is 1. The molecular formula is C18H12N6O4. The quantitative estimate of drug-likeness (QED) is 0.419. The summed E-state index contributed by atoms with van der Waals surface area (Å²) in [5, 5.41) is 17.9. The van der Waals surface area contributed by atoms with E-state index in [4.69, 9.17) is 4.74 Å². The van der Waals surface area contributed by atoms with Gasteiger partial charge in [-0.2, -0.15) is 5.10 Å². The number of nitrogens with zero attached hydrogens (tertiary/aromatic N) is 5. The fourth-order valence-electron chi connectivity index (χ4n) is 2.55. The van der Waals surface area contributed by atoms with Crippen LogP contribution in [-0.4, -0.2) is 30.4 Å². The molecule has 0 spiro atoms. The summed E-state index contributed by atoms with van der Waals surface area (Å²) in [6, 6.07) is 9.01. The fraction of sp³-hybridized carbons (Fsp3) is 0. The van der Waals surface area contributed by atoms with E-state index in [1.807, 2.05) is 0 Å². The molecule has 0 aliphatic heterocycles. The van der Waals surface area contributed by atoms with Crippen molar-refractivity contribution in [1.29, 1.82) is 0 Å². The van der Waals surface area contributed by atoms with Crippen molar-refractivity contribution in [3.05, 3.63) is 83.1 Å². The number of aromatic nitrogens is 4. The summed E-state index contributed by atoms with van der Waals surface area (Å²) in [6.45, 7) is 0. The molecule has 0 saturated heterocycles. The van der Waals surface area contributed by atoms with E-state index < -0.39 is 10.8 Å². The molecule has 0 aliphatic carbocycles. The Balaban J connectivity index is 1.64. The van der Waals surface area contributed by atoms with Crippen molar-refractivity contribution in [3.8, 4) is 11.5 Å². The van der Waals surface area contributed by atoms with Gasteiger partial charge in [0.25, 0.3) is 11.6 Å². The van der Waals surface area contributed by atoms with Crippen LogP contribution in [0.3, 0.4) is 0 Å². The van der Waals surface area contributed by atoms with Gasteiger partial charge < -0.3 is 10.1 Å². The van der Waals surface area contributed by atoms with E-state index in [9.17, 15) is 14.9 Å². The Morgan fingerprint density at radius 1 is 1.14 bits per heavy atom. The van der Waals surface area contributed by atoms with Crippen LogP contribution < -0.4 is 10.1 Å². The smallest absolute Gasteiger partial charge is 0.275 e. The number of carbonyl (C=O) groups excluding carboxylic acids is 1. The van der Waals surface area contributed by atoms with Gasteiger partial charge in [-0.25, -0.2) is 9.50 Å². The summed E-state index contributed by atoms with van der Waals surface area (Å²) in [5.74, 6) is 0.101. The Kier molecular flexibility index (Phi) is 4.34. The van der Waals surface area contributed by atoms with Crippen LogP contribution in [0.15, 0.2) is 67.4 Å². The van der Waals surface area contributed by atoms with Crippen LogP contribution in [0.4, 0.5) is 11.4 Å². The first kappa shape index (κ1) is 17.1. The lowest BCUT2D eigenvalue weighted by molar-refractivity contribution is -0.384. The molecule has 10 nitrogen and oxygen atoms in total. The number of benzene rings is 1. The standard InChI is InChI=1S/C18H12N6O4/c25-18(16-11-21-23-6-2-5-20-17(16)23)22-12-7-13(24(26)27)9-15(8-12)28-14-3-1-4-19-10-14/h1-11H,(H,22,25). The number of nitro benzene ring substituents is 1. The number of non-ortho nitro benzene ring substituents is 1. The molecule has 3 aromatic heterocycles. The number of pyridine rings is 1. The molecule has 0 unspecified atom stereocenters. The highest BCUT2D eigenvalue weighted by atomic mass is 16.6. The first-order chi connectivity index (χ1) is 13.6. The minimum Gasteiger partial charge on any atom is -0.455 e. The normalized spacial score (nSPS) is 10.6. The number of ether oxygens (including phenoxy) is 1. The molecule has 0 atom stereocenters. The van der Waals surface area contributed by atoms with Crippen molar-refractivity contribution >= 4 is 22.9 Å². The zero-order valence-electron chi connectivity index (χ0n) is 14.2. The summed E-state index contributed by atoms with van der Waals surface area (Å²) >= 11 is 0. The zero-order chi connectivity index (χ0) is 19.5. The minimum atomic E-state index is -0.567. The van der Waals surface area contributed by atoms with E-state index >= 15 is 0 Å². The highest BCUT2D eigenvalue weighted by Crippen LogP contribution is 2.29. The molecule has 0 fully saturated rings. The van der Waals surface area contributed by atoms with Crippen LogP contribution in [-0.2, 0) is 0 Å². The number of carbonyl (C=O) groups is 1. The number of hydrogen-bond donors (Lipinski definition) is 1. The average molecular weight is 376 g/mol. The molecular weight excluding hydrogens is 364 g/mol. The highest BCUT2D eigenvalue weighted by Gasteiger charge is 2.17. The maximum atomic E-state index is 12.6. The third-order valence-electron chi connectivity index (χ3n) is 3.75. The van der Waals surface area contributed by atoms with Gasteiger partial charge in [0.15, 0.2) is 5.65 Å². The maximum Gasteiger partial charge on any atom is 0.275 e. The van der Waals surface area contributed by atoms with E-state index in [1.54, 1.807) is 36.8 Å². The van der Waals surface area contributed by atoms with E-state index in [-0.39, 0.29) is 22.7 Å². The molecule has 3 heterocycles. The first-order valence-corrected chi connectivity index (χ1v) is 8.07. The van der Waals surface area contributed by atoms with Gasteiger partial charge in [-0.1, -0.05) is 0 Å². The molecule has 1 N–H and O–H groups in total. The minimum absolute atomic E-state index is 0.190. The van der Waals surface area contributed by atoms with E-state index in [0.717, 1.165) is 0 Å². The molecule has 0 bridgehead atoms. The van der Waals surface area contributed by atoms with Crippen molar-refractivity contribution in [1.82, 2.24) is 19.6 Å². The van der Waals surface area contributed by atoms with E-state index in [0.29, 0.717) is 11.4 Å². The second-order valence-electron chi connectivity index (χ2n) is 5.66. The Hall–Kier alpha value is -4.34. The Labute approximate surface area is 157 Å². The largest absolute Gasteiger partial charge is 0.455 e. The van der Waals surface area contributed by atoms with Gasteiger partial charge in [0.2, 0.25) is 0 Å². The van der Waals surface area contributed by atoms with Gasteiger partial charge in [0.05, 0.1) is 29.1 Å². The number of nitro groups is 1. The summed E-state index contributed by atoms with van der Waals surface area (Å²) in [5.41, 5.74) is 0.585. The topological polar surface area (TPSA) is 125 Å². The van der Waals surface area contributed by atoms with Crippen molar-refractivity contribution in [3.63, 3.8) is 0 Å². The van der Waals surface area contributed by atoms with Crippen molar-refractivity contribution < 1.29 is 14.5 Å². The second-order valence-corrected chi connectivity index (χ2v) is 5.66. The van der Waals surface area contributed by atoms with Crippen LogP contribution in [0, 0.1) is 10.1 Å². The average Bonchev–Trinajstić information content (AvgIpc) is 3.13. The zero-order valence-corrected chi connectivity index (χ0v) is 14.2. The lowest BCUT2D eigenvalue weighted by Gasteiger charge is -2.09. The van der Waals surface area contributed by atoms with Gasteiger partial charge in [-0.15, -0.1) is 0 Å². The number of anilines is 1. The lowest BCUT2D eigenvalue weighted by Crippen LogP contribution is -2.12. The molecule has 138 valence electrons. The van der Waals surface area contributed by atoms with Crippen molar-refractivity contribution in [2.24, 2.45) is 0 Å². The van der Waals surface area contributed by atoms with Crippen LogP contribution >= 0.6 is 0 Å². The van der Waals surface area contributed by atoms with Gasteiger partial charge in [0, 0.05) is 30.7 Å². The van der Waals surface area contributed by atoms with Gasteiger partial charge in [-0.05, 0) is 18.2 Å². The number of rotatable bonds is 5. The Morgan fingerprint density at radius 3 is 2.82 bits per heavy atom. The summed E-state index contributed by atoms with van der Waals surface area (Å²) in [7, 11) is 0. The van der Waals surface area contributed by atoms with Crippen molar-refractivity contribution in [2.45, 2.75) is 0 Å². The monoisotopic (exact) mass is 376 g/mol. The third-order valence-corrected chi connectivity index (χ3v) is 3.75. The molecule has 4 rings (SSSR count). The highest BCUT2D eigenvalue weighted by molar-refractivity contribution is 6.08.